The van der Waals surface area contributed by atoms with Crippen LogP contribution in [0.5, 0.6) is 0 Å². The van der Waals surface area contributed by atoms with E-state index in [1.807, 2.05) is 11.9 Å². The van der Waals surface area contributed by atoms with Crippen molar-refractivity contribution in [3.05, 3.63) is 0 Å². The zero-order valence-electron chi connectivity index (χ0n) is 24.3. The van der Waals surface area contributed by atoms with Gasteiger partial charge in [0.2, 0.25) is 5.91 Å². The van der Waals surface area contributed by atoms with E-state index in [9.17, 15) is 4.79 Å². The number of piperazine rings is 1. The number of hydrogen-bond acceptors (Lipinski definition) is 8. The molecule has 220 valence electrons. The fourth-order valence-corrected chi connectivity index (χ4v) is 8.22. The third-order valence-corrected chi connectivity index (χ3v) is 10.7. The summed E-state index contributed by atoms with van der Waals surface area (Å²) in [5.74, 6) is -0.670. The summed E-state index contributed by atoms with van der Waals surface area (Å²) in [4.78, 5) is 21.0. The predicted octanol–water partition coefficient (Wildman–Crippen LogP) is 0.586. The van der Waals surface area contributed by atoms with Gasteiger partial charge in [0.05, 0.1) is 24.7 Å². The smallest absolute Gasteiger partial charge is 0.227 e. The number of carbonyl (C=O) groups is 1. The Labute approximate surface area is 229 Å². The lowest BCUT2D eigenvalue weighted by molar-refractivity contribution is -0.130. The van der Waals surface area contributed by atoms with Crippen molar-refractivity contribution in [3.63, 3.8) is 0 Å². The maximum absolute atomic E-state index is 15.2. The lowest BCUT2D eigenvalue weighted by Crippen LogP contribution is -2.65. The molecular formula is C28H54FN7O2. The molecule has 7 unspecified atom stereocenters. The highest BCUT2D eigenvalue weighted by atomic mass is 19.1. The number of ether oxygens (including phenoxy) is 1. The minimum Gasteiger partial charge on any atom is -0.383 e. The summed E-state index contributed by atoms with van der Waals surface area (Å²) in [6.07, 6.45) is 3.78. The molecule has 0 aromatic heterocycles. The molecular weight excluding hydrogens is 485 g/mol. The van der Waals surface area contributed by atoms with Crippen LogP contribution in [0.1, 0.15) is 52.4 Å². The Morgan fingerprint density at radius 2 is 1.84 bits per heavy atom. The summed E-state index contributed by atoms with van der Waals surface area (Å²) in [5.41, 5.74) is 12.8. The van der Waals surface area contributed by atoms with Gasteiger partial charge in [-0.1, -0.05) is 13.8 Å². The molecule has 0 aromatic rings. The van der Waals surface area contributed by atoms with E-state index < -0.39 is 18.3 Å². The number of methoxy groups -OCH3 is 1. The molecule has 1 saturated carbocycles. The number of amides is 1. The first-order valence-corrected chi connectivity index (χ1v) is 15.0. The summed E-state index contributed by atoms with van der Waals surface area (Å²) >= 11 is 0. The second-order valence-corrected chi connectivity index (χ2v) is 12.6. The van der Waals surface area contributed by atoms with Crippen LogP contribution in [0.15, 0.2) is 0 Å². The Hall–Kier alpha value is -0.880. The van der Waals surface area contributed by atoms with Crippen molar-refractivity contribution in [2.24, 2.45) is 28.2 Å². The van der Waals surface area contributed by atoms with Crippen LogP contribution in [0, 0.1) is 16.7 Å². The molecule has 3 heterocycles. The van der Waals surface area contributed by atoms with E-state index in [4.69, 9.17) is 16.2 Å². The van der Waals surface area contributed by atoms with E-state index in [1.165, 1.54) is 0 Å². The van der Waals surface area contributed by atoms with Gasteiger partial charge < -0.3 is 26.8 Å². The van der Waals surface area contributed by atoms with Crippen LogP contribution in [0.2, 0.25) is 0 Å². The van der Waals surface area contributed by atoms with Gasteiger partial charge in [-0.25, -0.2) is 4.39 Å². The molecule has 0 spiro atoms. The minimum absolute atomic E-state index is 0.00777. The second kappa shape index (κ2) is 12.7. The number of fused-ring (bicyclic) bond motifs is 1. The number of alkyl halides is 1. The van der Waals surface area contributed by atoms with Gasteiger partial charge >= 0.3 is 0 Å². The molecule has 3 aliphatic heterocycles. The molecule has 0 aromatic carbocycles. The molecule has 6 N–H and O–H groups in total. The van der Waals surface area contributed by atoms with Crippen molar-refractivity contribution in [3.8, 4) is 0 Å². The highest BCUT2D eigenvalue weighted by Crippen LogP contribution is 2.73. The summed E-state index contributed by atoms with van der Waals surface area (Å²) in [5, 5.41) is 6.86. The Balaban J connectivity index is 1.46. The van der Waals surface area contributed by atoms with Crippen molar-refractivity contribution in [2.45, 2.75) is 82.8 Å². The lowest BCUT2D eigenvalue weighted by Gasteiger charge is -2.46. The SMILES string of the molecule is CCC12CC(F)CN(C)C(C(C(=O)NC3CNCCC3N3CCN(CCOC)CC3)C(N)N)CC1(CC)C2. The van der Waals surface area contributed by atoms with Gasteiger partial charge in [-0.2, -0.15) is 0 Å². The Kier molecular flexibility index (Phi) is 10.1. The monoisotopic (exact) mass is 539 g/mol. The molecule has 0 radical (unpaired) electrons. The summed E-state index contributed by atoms with van der Waals surface area (Å²) in [6.45, 7) is 12.1. The van der Waals surface area contributed by atoms with Gasteiger partial charge in [0, 0.05) is 65.0 Å². The van der Waals surface area contributed by atoms with Crippen molar-refractivity contribution in [2.75, 3.05) is 73.1 Å². The van der Waals surface area contributed by atoms with Crippen LogP contribution in [0.3, 0.4) is 0 Å². The first kappa shape index (κ1) is 30.1. The van der Waals surface area contributed by atoms with Crippen LogP contribution in [0.25, 0.3) is 0 Å². The van der Waals surface area contributed by atoms with Crippen molar-refractivity contribution in [1.29, 1.82) is 0 Å². The topological polar surface area (TPSA) is 112 Å². The van der Waals surface area contributed by atoms with Crippen LogP contribution >= 0.6 is 0 Å². The summed E-state index contributed by atoms with van der Waals surface area (Å²) < 4.78 is 20.5. The van der Waals surface area contributed by atoms with Gasteiger partial charge in [-0.05, 0) is 62.9 Å². The van der Waals surface area contributed by atoms with E-state index >= 15 is 4.39 Å². The second-order valence-electron chi connectivity index (χ2n) is 12.6. The number of nitrogens with two attached hydrogens (primary N) is 2. The molecule has 7 atom stereocenters. The van der Waals surface area contributed by atoms with Crippen LogP contribution in [-0.2, 0) is 9.53 Å². The highest BCUT2D eigenvalue weighted by Gasteiger charge is 2.66. The molecule has 4 fully saturated rings. The average molecular weight is 540 g/mol. The quantitative estimate of drug-likeness (QED) is 0.299. The van der Waals surface area contributed by atoms with Gasteiger partial charge in [0.1, 0.15) is 6.17 Å². The van der Waals surface area contributed by atoms with Crippen molar-refractivity contribution in [1.82, 2.24) is 25.3 Å². The molecule has 38 heavy (non-hydrogen) atoms. The Bertz CT molecular complexity index is 782. The Morgan fingerprint density at radius 3 is 2.47 bits per heavy atom. The number of nitrogens with one attached hydrogen (secondary N) is 2. The first-order valence-electron chi connectivity index (χ1n) is 15.0. The number of likely N-dealkylation sites (tertiary alicyclic amines) is 1. The van der Waals surface area contributed by atoms with Crippen LogP contribution < -0.4 is 22.1 Å². The normalized spacial score (nSPS) is 38.3. The van der Waals surface area contributed by atoms with Gasteiger partial charge in [0.25, 0.3) is 0 Å². The predicted molar refractivity (Wildman–Crippen MR) is 149 cm³/mol. The molecule has 4 rings (SSSR count). The van der Waals surface area contributed by atoms with E-state index in [1.54, 1.807) is 7.11 Å². The first-order chi connectivity index (χ1) is 18.2. The number of piperidine rings is 1. The van der Waals surface area contributed by atoms with Gasteiger partial charge in [-0.3, -0.25) is 19.5 Å². The zero-order valence-corrected chi connectivity index (χ0v) is 24.3. The lowest BCUT2D eigenvalue weighted by atomic mass is 9.75. The maximum Gasteiger partial charge on any atom is 0.227 e. The zero-order chi connectivity index (χ0) is 27.5. The molecule has 4 aliphatic rings. The number of nitrogens with zero attached hydrogens (tertiary/aromatic N) is 3. The average Bonchev–Trinajstić information content (AvgIpc) is 3.52. The Morgan fingerprint density at radius 1 is 1.16 bits per heavy atom. The fourth-order valence-electron chi connectivity index (χ4n) is 8.22. The van der Waals surface area contributed by atoms with Crippen molar-refractivity contribution >= 4 is 5.91 Å². The molecule has 10 heteroatoms. The molecule has 3 saturated heterocycles. The third kappa shape index (κ3) is 6.21. The van der Waals surface area contributed by atoms with Crippen molar-refractivity contribution < 1.29 is 13.9 Å². The van der Waals surface area contributed by atoms with E-state index in [0.29, 0.717) is 13.0 Å². The van der Waals surface area contributed by atoms with Crippen LogP contribution in [-0.4, -0.2) is 124 Å². The standard InChI is InChI=1S/C28H54FN7O2/c1-5-27-15-20(29)18-34(3)23(16-28(27,6-2)19-27)24(25(30)31)26(37)33-21-17-32-8-7-22(21)36-11-9-35(10-12-36)13-14-38-4/h20-25,32H,5-19,30-31H2,1-4H3,(H,33,37). The van der Waals surface area contributed by atoms with E-state index in [-0.39, 0.29) is 34.9 Å². The van der Waals surface area contributed by atoms with Gasteiger partial charge in [0.15, 0.2) is 0 Å². The van der Waals surface area contributed by atoms with E-state index in [0.717, 1.165) is 84.5 Å². The fraction of sp³-hybridized carbons (Fsp3) is 0.964. The maximum atomic E-state index is 15.2. The summed E-state index contributed by atoms with van der Waals surface area (Å²) in [7, 11) is 3.69. The number of hydrogen-bond donors (Lipinski definition) is 4. The highest BCUT2D eigenvalue weighted by molar-refractivity contribution is 5.80. The summed E-state index contributed by atoms with van der Waals surface area (Å²) in [6, 6.07) is 0.0933. The number of carbonyl (C=O) groups excluding carboxylic acids is 1. The third-order valence-electron chi connectivity index (χ3n) is 10.7. The molecule has 9 nitrogen and oxygen atoms in total. The number of halogens is 1. The molecule has 1 aliphatic carbocycles. The van der Waals surface area contributed by atoms with Gasteiger partial charge in [-0.15, -0.1) is 0 Å². The van der Waals surface area contributed by atoms with E-state index in [2.05, 4.69) is 34.3 Å². The molecule has 0 bridgehead atoms. The number of rotatable bonds is 10. The molecule has 1 amide bonds. The minimum atomic E-state index is -0.900. The van der Waals surface area contributed by atoms with Crippen LogP contribution in [0.4, 0.5) is 4.39 Å². The largest absolute Gasteiger partial charge is 0.383 e.